The molecule has 0 amide bonds. The van der Waals surface area contributed by atoms with Crippen molar-refractivity contribution in [2.45, 2.75) is 38.6 Å². The zero-order chi connectivity index (χ0) is 13.4. The van der Waals surface area contributed by atoms with E-state index in [4.69, 9.17) is 6.42 Å². The van der Waals surface area contributed by atoms with Crippen molar-refractivity contribution in [1.82, 2.24) is 5.32 Å². The Hall–Kier alpha value is -1.40. The third-order valence-electron chi connectivity index (χ3n) is 2.80. The molecule has 0 aliphatic heterocycles. The number of nitrogens with one attached hydrogen (secondary N) is 1. The van der Waals surface area contributed by atoms with Crippen molar-refractivity contribution in [2.75, 3.05) is 6.54 Å². The lowest BCUT2D eigenvalue weighted by Crippen LogP contribution is -2.24. The first-order valence-corrected chi connectivity index (χ1v) is 6.31. The van der Waals surface area contributed by atoms with Gasteiger partial charge in [-0.3, -0.25) is 0 Å². The molecule has 1 atom stereocenters. The van der Waals surface area contributed by atoms with E-state index in [2.05, 4.69) is 11.2 Å². The van der Waals surface area contributed by atoms with E-state index < -0.39 is 11.6 Å². The Balaban J connectivity index is 2.83. The first-order chi connectivity index (χ1) is 8.70. The summed E-state index contributed by atoms with van der Waals surface area (Å²) in [6.45, 7) is 2.75. The van der Waals surface area contributed by atoms with Gasteiger partial charge in [-0.25, -0.2) is 8.78 Å². The number of unbranched alkanes of at least 4 members (excludes halogenated alkanes) is 1. The summed E-state index contributed by atoms with van der Waals surface area (Å²) in [5, 5.41) is 3.18. The van der Waals surface area contributed by atoms with Gasteiger partial charge in [-0.15, -0.1) is 12.3 Å². The first-order valence-electron chi connectivity index (χ1n) is 6.31. The zero-order valence-corrected chi connectivity index (χ0v) is 10.7. The minimum absolute atomic E-state index is 0.128. The second-order valence-corrected chi connectivity index (χ2v) is 4.24. The summed E-state index contributed by atoms with van der Waals surface area (Å²) in [6, 6.07) is 3.66. The van der Waals surface area contributed by atoms with Gasteiger partial charge in [0.05, 0.1) is 0 Å². The molecule has 18 heavy (non-hydrogen) atoms. The lowest BCUT2D eigenvalue weighted by atomic mass is 9.99. The molecule has 0 bridgehead atoms. The number of halogens is 2. The van der Waals surface area contributed by atoms with Gasteiger partial charge in [0.2, 0.25) is 0 Å². The minimum atomic E-state index is -0.496. The van der Waals surface area contributed by atoms with Crippen molar-refractivity contribution >= 4 is 0 Å². The molecular formula is C15H19F2N. The Kier molecular flexibility index (Phi) is 6.38. The van der Waals surface area contributed by atoms with Gasteiger partial charge < -0.3 is 5.32 Å². The van der Waals surface area contributed by atoms with Crippen LogP contribution >= 0.6 is 0 Å². The second-order valence-electron chi connectivity index (χ2n) is 4.24. The zero-order valence-electron chi connectivity index (χ0n) is 10.7. The molecule has 3 heteroatoms. The van der Waals surface area contributed by atoms with Gasteiger partial charge in [0.1, 0.15) is 11.6 Å². The summed E-state index contributed by atoms with van der Waals surface area (Å²) >= 11 is 0. The van der Waals surface area contributed by atoms with E-state index in [1.807, 2.05) is 6.92 Å². The lowest BCUT2D eigenvalue weighted by Gasteiger charge is -2.19. The third kappa shape index (κ3) is 4.12. The molecule has 0 aliphatic rings. The molecule has 0 heterocycles. The van der Waals surface area contributed by atoms with E-state index in [1.165, 1.54) is 18.2 Å². The molecule has 1 N–H and O–H groups in total. The fourth-order valence-electron chi connectivity index (χ4n) is 1.92. The summed E-state index contributed by atoms with van der Waals surface area (Å²) in [7, 11) is 0. The summed E-state index contributed by atoms with van der Waals surface area (Å²) in [6.07, 6.45) is 8.14. The third-order valence-corrected chi connectivity index (χ3v) is 2.80. The van der Waals surface area contributed by atoms with Crippen LogP contribution in [0.2, 0.25) is 0 Å². The van der Waals surface area contributed by atoms with E-state index >= 15 is 0 Å². The Morgan fingerprint density at radius 3 is 2.56 bits per heavy atom. The van der Waals surface area contributed by atoms with E-state index in [9.17, 15) is 8.78 Å². The van der Waals surface area contributed by atoms with Crippen LogP contribution in [0.4, 0.5) is 8.78 Å². The van der Waals surface area contributed by atoms with Gasteiger partial charge in [-0.05, 0) is 37.9 Å². The van der Waals surface area contributed by atoms with Crippen LogP contribution in [0.3, 0.4) is 0 Å². The van der Waals surface area contributed by atoms with Crippen molar-refractivity contribution in [1.29, 1.82) is 0 Å². The normalized spacial score (nSPS) is 12.1. The quantitative estimate of drug-likeness (QED) is 0.574. The largest absolute Gasteiger partial charge is 0.310 e. The number of rotatable bonds is 7. The second kappa shape index (κ2) is 7.84. The highest BCUT2D eigenvalue weighted by Crippen LogP contribution is 2.25. The molecule has 1 aromatic carbocycles. The van der Waals surface area contributed by atoms with Gasteiger partial charge in [0, 0.05) is 18.0 Å². The van der Waals surface area contributed by atoms with E-state index in [0.29, 0.717) is 12.8 Å². The maximum Gasteiger partial charge on any atom is 0.130 e. The van der Waals surface area contributed by atoms with Crippen molar-refractivity contribution in [2.24, 2.45) is 0 Å². The molecule has 0 radical (unpaired) electrons. The molecule has 1 unspecified atom stereocenters. The highest BCUT2D eigenvalue weighted by atomic mass is 19.1. The van der Waals surface area contributed by atoms with E-state index in [0.717, 1.165) is 19.4 Å². The molecule has 0 aromatic heterocycles. The Morgan fingerprint density at radius 1 is 1.33 bits per heavy atom. The lowest BCUT2D eigenvalue weighted by molar-refractivity contribution is 0.439. The first kappa shape index (κ1) is 14.7. The van der Waals surface area contributed by atoms with E-state index in [1.54, 1.807) is 0 Å². The average Bonchev–Trinajstić information content (AvgIpc) is 2.35. The number of hydrogen-bond acceptors (Lipinski definition) is 1. The SMILES string of the molecule is C#CCCCC(NCCC)c1c(F)cccc1F. The van der Waals surface area contributed by atoms with Crippen molar-refractivity contribution in [3.63, 3.8) is 0 Å². The van der Waals surface area contributed by atoms with Crippen LogP contribution in [0.5, 0.6) is 0 Å². The highest BCUT2D eigenvalue weighted by molar-refractivity contribution is 5.23. The van der Waals surface area contributed by atoms with Crippen LogP contribution in [0.1, 0.15) is 44.2 Å². The van der Waals surface area contributed by atoms with Gasteiger partial charge in [0.15, 0.2) is 0 Å². The molecule has 98 valence electrons. The van der Waals surface area contributed by atoms with Gasteiger partial charge in [-0.2, -0.15) is 0 Å². The Morgan fingerprint density at radius 2 is 2.00 bits per heavy atom. The van der Waals surface area contributed by atoms with Crippen molar-refractivity contribution < 1.29 is 8.78 Å². The fourth-order valence-corrected chi connectivity index (χ4v) is 1.92. The molecule has 1 nitrogen and oxygen atoms in total. The molecule has 0 saturated heterocycles. The Bertz CT molecular complexity index is 389. The molecular weight excluding hydrogens is 232 g/mol. The van der Waals surface area contributed by atoms with E-state index in [-0.39, 0.29) is 11.6 Å². The van der Waals surface area contributed by atoms with Crippen LogP contribution in [0.25, 0.3) is 0 Å². The van der Waals surface area contributed by atoms with Gasteiger partial charge in [0.25, 0.3) is 0 Å². The van der Waals surface area contributed by atoms with Crippen molar-refractivity contribution in [3.05, 3.63) is 35.4 Å². The molecule has 0 fully saturated rings. The van der Waals surface area contributed by atoms with Crippen LogP contribution in [-0.4, -0.2) is 6.54 Å². The number of terminal acetylenes is 1. The predicted octanol–water partition coefficient (Wildman–Crippen LogP) is 3.81. The molecule has 0 aliphatic carbocycles. The van der Waals surface area contributed by atoms with Gasteiger partial charge >= 0.3 is 0 Å². The van der Waals surface area contributed by atoms with Crippen molar-refractivity contribution in [3.8, 4) is 12.3 Å². The Labute approximate surface area is 108 Å². The maximum absolute atomic E-state index is 13.7. The standard InChI is InChI=1S/C15H19F2N/c1-3-5-6-10-14(18-11-4-2)15-12(16)8-7-9-13(15)17/h1,7-9,14,18H,4-6,10-11H2,2H3. The molecule has 1 aromatic rings. The van der Waals surface area contributed by atoms with Crippen LogP contribution in [-0.2, 0) is 0 Å². The van der Waals surface area contributed by atoms with Crippen LogP contribution in [0.15, 0.2) is 18.2 Å². The highest BCUT2D eigenvalue weighted by Gasteiger charge is 2.18. The van der Waals surface area contributed by atoms with Crippen LogP contribution < -0.4 is 5.32 Å². The molecule has 0 saturated carbocycles. The summed E-state index contributed by atoms with van der Waals surface area (Å²) < 4.78 is 27.4. The summed E-state index contributed by atoms with van der Waals surface area (Å²) in [5.74, 6) is 1.55. The summed E-state index contributed by atoms with van der Waals surface area (Å²) in [5.41, 5.74) is 0.128. The number of hydrogen-bond donors (Lipinski definition) is 1. The molecule has 1 rings (SSSR count). The van der Waals surface area contributed by atoms with Gasteiger partial charge in [-0.1, -0.05) is 13.0 Å². The fraction of sp³-hybridized carbons (Fsp3) is 0.467. The minimum Gasteiger partial charge on any atom is -0.310 e. The summed E-state index contributed by atoms with van der Waals surface area (Å²) in [4.78, 5) is 0. The predicted molar refractivity (Wildman–Crippen MR) is 70.1 cm³/mol. The molecule has 0 spiro atoms. The average molecular weight is 251 g/mol. The maximum atomic E-state index is 13.7. The number of benzene rings is 1. The monoisotopic (exact) mass is 251 g/mol. The topological polar surface area (TPSA) is 12.0 Å². The van der Waals surface area contributed by atoms with Crippen LogP contribution in [0, 0.1) is 24.0 Å². The smallest absolute Gasteiger partial charge is 0.130 e.